The summed E-state index contributed by atoms with van der Waals surface area (Å²) < 4.78 is 6.82. The lowest BCUT2D eigenvalue weighted by atomic mass is 10.1. The van der Waals surface area contributed by atoms with Crippen molar-refractivity contribution in [3.63, 3.8) is 0 Å². The van der Waals surface area contributed by atoms with Crippen LogP contribution in [-0.4, -0.2) is 20.9 Å². The normalized spacial score (nSPS) is 11.1. The zero-order valence-corrected chi connectivity index (χ0v) is 18.1. The molecule has 4 nitrogen and oxygen atoms in total. The summed E-state index contributed by atoms with van der Waals surface area (Å²) in [5, 5.41) is 4.67. The fraction of sp³-hybridized carbons (Fsp3) is 0.227. The third-order valence-corrected chi connectivity index (χ3v) is 5.96. The van der Waals surface area contributed by atoms with E-state index in [1.807, 2.05) is 30.6 Å². The minimum Gasteiger partial charge on any atom is -0.369 e. The van der Waals surface area contributed by atoms with Crippen molar-refractivity contribution < 1.29 is 0 Å². The molecule has 0 radical (unpaired) electrons. The van der Waals surface area contributed by atoms with Gasteiger partial charge in [-0.2, -0.15) is 4.37 Å². The topological polar surface area (TPSA) is 50.7 Å². The Morgan fingerprint density at radius 2 is 2.00 bits per heavy atom. The fourth-order valence-electron chi connectivity index (χ4n) is 3.21. The standard InChI is InChI=1S/C22H21BrN4S/c1-15-12-17(23)14-26-19(15)6-2-5-11-25-22-18-9-8-16(13-21(18)28-27-22)20-7-3-4-10-24-20/h3-4,7-10,12-14H,2,5-6,11H2,1H3,(H,25,27). The summed E-state index contributed by atoms with van der Waals surface area (Å²) in [5.41, 5.74) is 4.55. The van der Waals surface area contributed by atoms with Crippen LogP contribution < -0.4 is 5.32 Å². The Morgan fingerprint density at radius 1 is 1.07 bits per heavy atom. The predicted octanol–water partition coefficient (Wildman–Crippen LogP) is 6.26. The van der Waals surface area contributed by atoms with E-state index in [1.165, 1.54) is 32.9 Å². The van der Waals surface area contributed by atoms with Crippen molar-refractivity contribution in [1.29, 1.82) is 0 Å². The van der Waals surface area contributed by atoms with Crippen LogP contribution in [0.25, 0.3) is 21.3 Å². The minimum absolute atomic E-state index is 0.913. The highest BCUT2D eigenvalue weighted by Gasteiger charge is 2.08. The molecule has 1 N–H and O–H groups in total. The molecule has 3 aromatic heterocycles. The highest BCUT2D eigenvalue weighted by Crippen LogP contribution is 2.30. The SMILES string of the molecule is Cc1cc(Br)cnc1CCCCNc1nsc2cc(-c3ccccn3)ccc12. The number of unbranched alkanes of at least 4 members (excludes halogenated alkanes) is 1. The molecule has 0 aliphatic heterocycles. The van der Waals surface area contributed by atoms with Gasteiger partial charge in [0.15, 0.2) is 0 Å². The molecule has 4 aromatic rings. The van der Waals surface area contributed by atoms with E-state index in [-0.39, 0.29) is 0 Å². The first kappa shape index (κ1) is 19.0. The van der Waals surface area contributed by atoms with E-state index < -0.39 is 0 Å². The Hall–Kier alpha value is -2.31. The number of aryl methyl sites for hydroxylation is 2. The maximum Gasteiger partial charge on any atom is 0.147 e. The van der Waals surface area contributed by atoms with Crippen LogP contribution >= 0.6 is 27.5 Å². The van der Waals surface area contributed by atoms with Gasteiger partial charge in [-0.05, 0) is 89.5 Å². The van der Waals surface area contributed by atoms with E-state index >= 15 is 0 Å². The third-order valence-electron chi connectivity index (χ3n) is 4.72. The van der Waals surface area contributed by atoms with Gasteiger partial charge in [0.2, 0.25) is 0 Å². The maximum atomic E-state index is 4.60. The van der Waals surface area contributed by atoms with Crippen LogP contribution in [0.1, 0.15) is 24.1 Å². The summed E-state index contributed by atoms with van der Waals surface area (Å²) in [6.07, 6.45) is 6.90. The summed E-state index contributed by atoms with van der Waals surface area (Å²) >= 11 is 5.00. The number of anilines is 1. The van der Waals surface area contributed by atoms with Gasteiger partial charge in [0.1, 0.15) is 5.82 Å². The summed E-state index contributed by atoms with van der Waals surface area (Å²) in [6, 6.07) is 14.5. The lowest BCUT2D eigenvalue weighted by Gasteiger charge is -2.06. The first-order chi connectivity index (χ1) is 13.7. The zero-order chi connectivity index (χ0) is 19.3. The van der Waals surface area contributed by atoms with Crippen molar-refractivity contribution in [2.24, 2.45) is 0 Å². The number of rotatable bonds is 7. The number of hydrogen-bond donors (Lipinski definition) is 1. The average Bonchev–Trinajstić information content (AvgIpc) is 3.12. The van der Waals surface area contributed by atoms with Gasteiger partial charge < -0.3 is 5.32 Å². The number of hydrogen-bond acceptors (Lipinski definition) is 5. The number of nitrogens with zero attached hydrogens (tertiary/aromatic N) is 3. The van der Waals surface area contributed by atoms with E-state index in [0.29, 0.717) is 0 Å². The van der Waals surface area contributed by atoms with Crippen LogP contribution in [0, 0.1) is 6.92 Å². The monoisotopic (exact) mass is 452 g/mol. The molecule has 0 bridgehead atoms. The van der Waals surface area contributed by atoms with E-state index in [1.54, 1.807) is 0 Å². The van der Waals surface area contributed by atoms with Crippen molar-refractivity contribution in [3.05, 3.63) is 70.6 Å². The Morgan fingerprint density at radius 3 is 2.82 bits per heavy atom. The van der Waals surface area contributed by atoms with Crippen molar-refractivity contribution in [2.45, 2.75) is 26.2 Å². The van der Waals surface area contributed by atoms with Crippen LogP contribution in [0.15, 0.2) is 59.3 Å². The van der Waals surface area contributed by atoms with Crippen molar-refractivity contribution in [2.75, 3.05) is 11.9 Å². The lowest BCUT2D eigenvalue weighted by Crippen LogP contribution is -2.03. The van der Waals surface area contributed by atoms with Gasteiger partial charge in [0.05, 0.1) is 10.4 Å². The Kier molecular flexibility index (Phi) is 5.98. The van der Waals surface area contributed by atoms with Crippen LogP contribution in [-0.2, 0) is 6.42 Å². The predicted molar refractivity (Wildman–Crippen MR) is 121 cm³/mol. The number of pyridine rings is 2. The first-order valence-corrected chi connectivity index (χ1v) is 10.9. The van der Waals surface area contributed by atoms with E-state index in [9.17, 15) is 0 Å². The van der Waals surface area contributed by atoms with E-state index in [4.69, 9.17) is 0 Å². The van der Waals surface area contributed by atoms with Crippen molar-refractivity contribution >= 4 is 43.4 Å². The molecule has 0 atom stereocenters. The molecule has 4 rings (SSSR count). The van der Waals surface area contributed by atoms with Gasteiger partial charge in [0.25, 0.3) is 0 Å². The minimum atomic E-state index is 0.913. The van der Waals surface area contributed by atoms with Gasteiger partial charge in [-0.15, -0.1) is 0 Å². The first-order valence-electron chi connectivity index (χ1n) is 9.36. The molecule has 0 unspecified atom stereocenters. The average molecular weight is 453 g/mol. The number of benzene rings is 1. The quantitative estimate of drug-likeness (QED) is 0.336. The van der Waals surface area contributed by atoms with E-state index in [2.05, 4.69) is 66.8 Å². The highest BCUT2D eigenvalue weighted by molar-refractivity contribution is 9.10. The molecular formula is C22H21BrN4S. The van der Waals surface area contributed by atoms with Crippen LogP contribution in [0.3, 0.4) is 0 Å². The largest absolute Gasteiger partial charge is 0.369 e. The summed E-state index contributed by atoms with van der Waals surface area (Å²) in [5.74, 6) is 0.977. The molecule has 1 aromatic carbocycles. The molecule has 6 heteroatoms. The maximum absolute atomic E-state index is 4.60. The number of nitrogens with one attached hydrogen (secondary N) is 1. The molecule has 0 aliphatic carbocycles. The van der Waals surface area contributed by atoms with Crippen LogP contribution in [0.5, 0.6) is 0 Å². The molecule has 0 amide bonds. The summed E-state index contributed by atoms with van der Waals surface area (Å²) in [6.45, 7) is 3.03. The zero-order valence-electron chi connectivity index (χ0n) is 15.7. The molecule has 0 aliphatic rings. The molecule has 0 saturated heterocycles. The number of halogens is 1. The Balaban J connectivity index is 1.34. The number of fused-ring (bicyclic) bond motifs is 1. The summed E-state index contributed by atoms with van der Waals surface area (Å²) in [7, 11) is 0. The molecular weight excluding hydrogens is 432 g/mol. The number of aromatic nitrogens is 3. The molecule has 3 heterocycles. The molecule has 142 valence electrons. The fourth-order valence-corrected chi connectivity index (χ4v) is 4.45. The third kappa shape index (κ3) is 4.39. The van der Waals surface area contributed by atoms with Gasteiger partial charge >= 0.3 is 0 Å². The van der Waals surface area contributed by atoms with Crippen molar-refractivity contribution in [3.8, 4) is 11.3 Å². The van der Waals surface area contributed by atoms with E-state index in [0.717, 1.165) is 47.4 Å². The Labute approximate surface area is 177 Å². The van der Waals surface area contributed by atoms with Crippen LogP contribution in [0.4, 0.5) is 5.82 Å². The second-order valence-electron chi connectivity index (χ2n) is 6.76. The Bertz CT molecular complexity index is 1080. The van der Waals surface area contributed by atoms with Crippen LogP contribution in [0.2, 0.25) is 0 Å². The highest BCUT2D eigenvalue weighted by atomic mass is 79.9. The van der Waals surface area contributed by atoms with Gasteiger partial charge in [0, 0.05) is 40.1 Å². The molecule has 0 fully saturated rings. The molecule has 28 heavy (non-hydrogen) atoms. The smallest absolute Gasteiger partial charge is 0.147 e. The second kappa shape index (κ2) is 8.80. The van der Waals surface area contributed by atoms with Gasteiger partial charge in [-0.1, -0.05) is 12.1 Å². The molecule has 0 spiro atoms. The second-order valence-corrected chi connectivity index (χ2v) is 8.48. The molecule has 0 saturated carbocycles. The van der Waals surface area contributed by atoms with Crippen molar-refractivity contribution in [1.82, 2.24) is 14.3 Å². The van der Waals surface area contributed by atoms with Gasteiger partial charge in [-0.3, -0.25) is 9.97 Å². The lowest BCUT2D eigenvalue weighted by molar-refractivity contribution is 0.744. The van der Waals surface area contributed by atoms with Gasteiger partial charge in [-0.25, -0.2) is 0 Å². The summed E-state index contributed by atoms with van der Waals surface area (Å²) in [4.78, 5) is 8.95.